The SMILES string of the molecule is CC(C)(C)Oc1ccc(C(=O)CCN)cc1. The summed E-state index contributed by atoms with van der Waals surface area (Å²) in [6.07, 6.45) is 0.388. The van der Waals surface area contributed by atoms with Crippen LogP contribution in [0.2, 0.25) is 0 Å². The Morgan fingerprint density at radius 1 is 1.25 bits per heavy atom. The third kappa shape index (κ3) is 4.03. The van der Waals surface area contributed by atoms with Crippen LogP contribution in [0, 0.1) is 0 Å². The molecule has 16 heavy (non-hydrogen) atoms. The monoisotopic (exact) mass is 221 g/mol. The lowest BCUT2D eigenvalue weighted by Gasteiger charge is -2.21. The van der Waals surface area contributed by atoms with E-state index < -0.39 is 0 Å². The Hall–Kier alpha value is -1.35. The first-order valence-electron chi connectivity index (χ1n) is 5.45. The first kappa shape index (κ1) is 12.7. The van der Waals surface area contributed by atoms with Crippen molar-refractivity contribution in [2.75, 3.05) is 6.54 Å². The summed E-state index contributed by atoms with van der Waals surface area (Å²) in [5, 5.41) is 0. The van der Waals surface area contributed by atoms with Crippen LogP contribution < -0.4 is 10.5 Å². The fourth-order valence-corrected chi connectivity index (χ4v) is 1.34. The molecule has 0 aliphatic carbocycles. The molecule has 1 aromatic rings. The van der Waals surface area contributed by atoms with E-state index in [1.165, 1.54) is 0 Å². The Kier molecular flexibility index (Phi) is 4.07. The minimum Gasteiger partial charge on any atom is -0.488 e. The quantitative estimate of drug-likeness (QED) is 0.794. The van der Waals surface area contributed by atoms with E-state index in [0.717, 1.165) is 5.75 Å². The zero-order valence-electron chi connectivity index (χ0n) is 10.1. The topological polar surface area (TPSA) is 52.3 Å². The Morgan fingerprint density at radius 2 is 1.81 bits per heavy atom. The van der Waals surface area contributed by atoms with Gasteiger partial charge >= 0.3 is 0 Å². The van der Waals surface area contributed by atoms with E-state index in [0.29, 0.717) is 18.5 Å². The highest BCUT2D eigenvalue weighted by molar-refractivity contribution is 5.96. The number of carbonyl (C=O) groups is 1. The Balaban J connectivity index is 2.72. The van der Waals surface area contributed by atoms with Crippen molar-refractivity contribution in [1.29, 1.82) is 0 Å². The van der Waals surface area contributed by atoms with Gasteiger partial charge in [-0.3, -0.25) is 4.79 Å². The number of ketones is 1. The number of hydrogen-bond donors (Lipinski definition) is 1. The molecule has 0 aliphatic heterocycles. The minimum atomic E-state index is -0.219. The van der Waals surface area contributed by atoms with Gasteiger partial charge in [0.2, 0.25) is 0 Å². The first-order valence-corrected chi connectivity index (χ1v) is 5.45. The van der Waals surface area contributed by atoms with Crippen LogP contribution in [0.5, 0.6) is 5.75 Å². The fourth-order valence-electron chi connectivity index (χ4n) is 1.34. The fraction of sp³-hybridized carbons (Fsp3) is 0.462. The van der Waals surface area contributed by atoms with Crippen molar-refractivity contribution < 1.29 is 9.53 Å². The van der Waals surface area contributed by atoms with Crippen LogP contribution in [0.4, 0.5) is 0 Å². The summed E-state index contributed by atoms with van der Waals surface area (Å²) < 4.78 is 5.66. The number of ether oxygens (including phenoxy) is 1. The summed E-state index contributed by atoms with van der Waals surface area (Å²) in [4.78, 5) is 11.5. The van der Waals surface area contributed by atoms with Crippen LogP contribution in [0.3, 0.4) is 0 Å². The normalized spacial score (nSPS) is 11.2. The molecule has 2 N–H and O–H groups in total. The third-order valence-corrected chi connectivity index (χ3v) is 1.97. The summed E-state index contributed by atoms with van der Waals surface area (Å²) in [5.74, 6) is 0.849. The summed E-state index contributed by atoms with van der Waals surface area (Å²) in [6, 6.07) is 7.18. The van der Waals surface area contributed by atoms with Gasteiger partial charge in [-0.25, -0.2) is 0 Å². The van der Waals surface area contributed by atoms with Gasteiger partial charge in [0, 0.05) is 12.0 Å². The van der Waals surface area contributed by atoms with E-state index in [2.05, 4.69) is 0 Å². The highest BCUT2D eigenvalue weighted by Gasteiger charge is 2.12. The first-order chi connectivity index (χ1) is 7.42. The van der Waals surface area contributed by atoms with Crippen LogP contribution in [-0.4, -0.2) is 17.9 Å². The van der Waals surface area contributed by atoms with Crippen molar-refractivity contribution in [2.45, 2.75) is 32.8 Å². The molecule has 0 aromatic heterocycles. The second-order valence-electron chi connectivity index (χ2n) is 4.70. The number of rotatable bonds is 4. The van der Waals surface area contributed by atoms with Crippen LogP contribution >= 0.6 is 0 Å². The van der Waals surface area contributed by atoms with Gasteiger partial charge in [0.15, 0.2) is 5.78 Å². The molecule has 0 spiro atoms. The molecule has 1 rings (SSSR count). The van der Waals surface area contributed by atoms with E-state index in [1.807, 2.05) is 32.9 Å². The Labute approximate surface area is 96.6 Å². The van der Waals surface area contributed by atoms with Gasteiger partial charge in [0.25, 0.3) is 0 Å². The van der Waals surface area contributed by atoms with Gasteiger partial charge in [0.1, 0.15) is 11.4 Å². The van der Waals surface area contributed by atoms with Gasteiger partial charge in [0.05, 0.1) is 0 Å². The number of nitrogens with two attached hydrogens (primary N) is 1. The largest absolute Gasteiger partial charge is 0.488 e. The van der Waals surface area contributed by atoms with Gasteiger partial charge in [-0.2, -0.15) is 0 Å². The molecule has 0 unspecified atom stereocenters. The van der Waals surface area contributed by atoms with E-state index in [1.54, 1.807) is 12.1 Å². The summed E-state index contributed by atoms with van der Waals surface area (Å²) in [7, 11) is 0. The molecule has 88 valence electrons. The van der Waals surface area contributed by atoms with Crippen molar-refractivity contribution in [3.05, 3.63) is 29.8 Å². The van der Waals surface area contributed by atoms with Crippen molar-refractivity contribution in [3.63, 3.8) is 0 Å². The zero-order valence-corrected chi connectivity index (χ0v) is 10.1. The van der Waals surface area contributed by atoms with E-state index >= 15 is 0 Å². The molecule has 0 radical (unpaired) electrons. The van der Waals surface area contributed by atoms with Crippen molar-refractivity contribution in [3.8, 4) is 5.75 Å². The minimum absolute atomic E-state index is 0.0739. The Bertz CT molecular complexity index is 349. The predicted molar refractivity (Wildman–Crippen MR) is 64.8 cm³/mol. The summed E-state index contributed by atoms with van der Waals surface area (Å²) in [5.41, 5.74) is 5.80. The number of Topliss-reactive ketones (excluding diaryl/α,β-unsaturated/α-hetero) is 1. The van der Waals surface area contributed by atoms with Crippen LogP contribution in [0.1, 0.15) is 37.6 Å². The number of benzene rings is 1. The second-order valence-corrected chi connectivity index (χ2v) is 4.70. The highest BCUT2D eigenvalue weighted by Crippen LogP contribution is 2.18. The molecule has 0 fully saturated rings. The maximum Gasteiger partial charge on any atom is 0.164 e. The summed E-state index contributed by atoms with van der Waals surface area (Å²) in [6.45, 7) is 6.35. The average molecular weight is 221 g/mol. The molecule has 1 aromatic carbocycles. The van der Waals surface area contributed by atoms with Crippen LogP contribution in [0.15, 0.2) is 24.3 Å². The molecule has 0 amide bonds. The molecule has 0 saturated heterocycles. The van der Waals surface area contributed by atoms with Gasteiger partial charge < -0.3 is 10.5 Å². The molecule has 3 heteroatoms. The second kappa shape index (κ2) is 5.12. The third-order valence-electron chi connectivity index (χ3n) is 1.97. The van der Waals surface area contributed by atoms with E-state index in [4.69, 9.17) is 10.5 Å². The van der Waals surface area contributed by atoms with Crippen molar-refractivity contribution in [1.82, 2.24) is 0 Å². The number of carbonyl (C=O) groups excluding carboxylic acids is 1. The molecule has 0 bridgehead atoms. The average Bonchev–Trinajstić information content (AvgIpc) is 2.16. The van der Waals surface area contributed by atoms with Gasteiger partial charge in [-0.1, -0.05) is 0 Å². The Morgan fingerprint density at radius 3 is 2.25 bits per heavy atom. The van der Waals surface area contributed by atoms with Crippen LogP contribution in [-0.2, 0) is 0 Å². The molecule has 0 heterocycles. The maximum absolute atomic E-state index is 11.5. The van der Waals surface area contributed by atoms with E-state index in [9.17, 15) is 4.79 Å². The standard InChI is InChI=1S/C13H19NO2/c1-13(2,3)16-11-6-4-10(5-7-11)12(15)8-9-14/h4-7H,8-9,14H2,1-3H3. The zero-order chi connectivity index (χ0) is 12.2. The molecular formula is C13H19NO2. The maximum atomic E-state index is 11.5. The number of hydrogen-bond acceptors (Lipinski definition) is 3. The predicted octanol–water partition coefficient (Wildman–Crippen LogP) is 2.40. The highest BCUT2D eigenvalue weighted by atomic mass is 16.5. The molecule has 0 saturated carbocycles. The van der Waals surface area contributed by atoms with Gasteiger partial charge in [-0.05, 0) is 51.6 Å². The lowest BCUT2D eigenvalue weighted by molar-refractivity contribution is 0.0985. The smallest absolute Gasteiger partial charge is 0.164 e. The molecule has 0 atom stereocenters. The molecule has 3 nitrogen and oxygen atoms in total. The summed E-state index contributed by atoms with van der Waals surface area (Å²) >= 11 is 0. The molecular weight excluding hydrogens is 202 g/mol. The molecule has 0 aliphatic rings. The van der Waals surface area contributed by atoms with Gasteiger partial charge in [-0.15, -0.1) is 0 Å². The van der Waals surface area contributed by atoms with Crippen LogP contribution in [0.25, 0.3) is 0 Å². The van der Waals surface area contributed by atoms with E-state index in [-0.39, 0.29) is 11.4 Å². The van der Waals surface area contributed by atoms with Crippen molar-refractivity contribution in [2.24, 2.45) is 5.73 Å². The lowest BCUT2D eigenvalue weighted by atomic mass is 10.1. The lowest BCUT2D eigenvalue weighted by Crippen LogP contribution is -2.22. The van der Waals surface area contributed by atoms with Crippen molar-refractivity contribution >= 4 is 5.78 Å².